The van der Waals surface area contributed by atoms with Gasteiger partial charge in [0.25, 0.3) is 5.91 Å². The van der Waals surface area contributed by atoms with E-state index in [9.17, 15) is 18.4 Å². The second kappa shape index (κ2) is 7.21. The first-order valence-corrected chi connectivity index (χ1v) is 8.06. The Morgan fingerprint density at radius 3 is 2.54 bits per heavy atom. The van der Waals surface area contributed by atoms with Crippen LogP contribution in [0.2, 0.25) is 0 Å². The third-order valence-electron chi connectivity index (χ3n) is 4.32. The predicted octanol–water partition coefficient (Wildman–Crippen LogP) is 2.87. The summed E-state index contributed by atoms with van der Waals surface area (Å²) in [4.78, 5) is 24.9. The number of hydrogen-bond donors (Lipinski definition) is 1. The van der Waals surface area contributed by atoms with E-state index in [1.165, 1.54) is 35.2 Å². The molecule has 1 heterocycles. The van der Waals surface area contributed by atoms with Gasteiger partial charge in [0.2, 0.25) is 0 Å². The maximum atomic E-state index is 14.6. The standard InChI is InChI=1S/C19H17F2NO4/c1-11-8-13(20)3-5-14(11)15-4-2-12(9-16(15)21)18(23)22-6-7-26-17(10-22)19(24)25/h2-5,8-9,17H,6-7,10H2,1H3,(H,24,25)/t17-/m1/s1. The molecule has 0 aromatic heterocycles. The number of ether oxygens (including phenoxy) is 1. The van der Waals surface area contributed by atoms with E-state index in [0.29, 0.717) is 11.1 Å². The van der Waals surface area contributed by atoms with Gasteiger partial charge in [-0.1, -0.05) is 12.1 Å². The van der Waals surface area contributed by atoms with Crippen LogP contribution in [-0.4, -0.2) is 47.7 Å². The summed E-state index contributed by atoms with van der Waals surface area (Å²) in [6, 6.07) is 8.12. The van der Waals surface area contributed by atoms with Crippen LogP contribution in [0.5, 0.6) is 0 Å². The van der Waals surface area contributed by atoms with E-state index in [2.05, 4.69) is 0 Å². The third kappa shape index (κ3) is 3.57. The summed E-state index contributed by atoms with van der Waals surface area (Å²) < 4.78 is 32.9. The van der Waals surface area contributed by atoms with E-state index in [-0.39, 0.29) is 30.8 Å². The monoisotopic (exact) mass is 361 g/mol. The van der Waals surface area contributed by atoms with Crippen molar-refractivity contribution in [2.75, 3.05) is 19.7 Å². The highest BCUT2D eigenvalue weighted by Crippen LogP contribution is 2.27. The number of rotatable bonds is 3. The summed E-state index contributed by atoms with van der Waals surface area (Å²) in [6.07, 6.45) is -1.08. The molecule has 0 saturated carbocycles. The molecule has 7 heteroatoms. The summed E-state index contributed by atoms with van der Waals surface area (Å²) in [6.45, 7) is 1.94. The molecule has 3 rings (SSSR count). The quantitative estimate of drug-likeness (QED) is 0.913. The first-order chi connectivity index (χ1) is 12.4. The number of carbonyl (C=O) groups excluding carboxylic acids is 1. The maximum Gasteiger partial charge on any atom is 0.334 e. The minimum atomic E-state index is -1.14. The highest BCUT2D eigenvalue weighted by atomic mass is 19.1. The van der Waals surface area contributed by atoms with Gasteiger partial charge in [0.1, 0.15) is 11.6 Å². The molecule has 0 radical (unpaired) electrons. The first kappa shape index (κ1) is 18.0. The Kier molecular flexibility index (Phi) is 4.99. The number of benzene rings is 2. The minimum Gasteiger partial charge on any atom is -0.479 e. The first-order valence-electron chi connectivity index (χ1n) is 8.06. The molecule has 1 saturated heterocycles. The summed E-state index contributed by atoms with van der Waals surface area (Å²) in [5.41, 5.74) is 1.52. The van der Waals surface area contributed by atoms with Gasteiger partial charge in [-0.3, -0.25) is 4.79 Å². The molecule has 0 aliphatic carbocycles. The molecule has 1 N–H and O–H groups in total. The average Bonchev–Trinajstić information content (AvgIpc) is 2.62. The van der Waals surface area contributed by atoms with Crippen LogP contribution in [0.4, 0.5) is 8.78 Å². The Balaban J connectivity index is 1.85. The van der Waals surface area contributed by atoms with Crippen molar-refractivity contribution < 1.29 is 28.2 Å². The second-order valence-corrected chi connectivity index (χ2v) is 6.10. The molecular formula is C19H17F2NO4. The summed E-state index contributed by atoms with van der Waals surface area (Å²) in [7, 11) is 0. The summed E-state index contributed by atoms with van der Waals surface area (Å²) in [5, 5.41) is 9.01. The van der Waals surface area contributed by atoms with Crippen molar-refractivity contribution in [2.45, 2.75) is 13.0 Å². The lowest BCUT2D eigenvalue weighted by molar-refractivity contribution is -0.154. The number of morpholine rings is 1. The van der Waals surface area contributed by atoms with Gasteiger partial charge in [0.15, 0.2) is 6.10 Å². The molecule has 2 aromatic carbocycles. The Labute approximate surface area is 148 Å². The van der Waals surface area contributed by atoms with E-state index in [1.807, 2.05) is 0 Å². The molecule has 1 amide bonds. The van der Waals surface area contributed by atoms with Gasteiger partial charge in [0.05, 0.1) is 13.2 Å². The van der Waals surface area contributed by atoms with Crippen LogP contribution in [0, 0.1) is 18.6 Å². The van der Waals surface area contributed by atoms with Crippen molar-refractivity contribution in [1.82, 2.24) is 4.90 Å². The van der Waals surface area contributed by atoms with Crippen LogP contribution in [0.3, 0.4) is 0 Å². The van der Waals surface area contributed by atoms with E-state index in [0.717, 1.165) is 6.07 Å². The number of aryl methyl sites for hydroxylation is 1. The number of carboxylic acids is 1. The van der Waals surface area contributed by atoms with Gasteiger partial charge < -0.3 is 14.7 Å². The smallest absolute Gasteiger partial charge is 0.334 e. The van der Waals surface area contributed by atoms with Crippen molar-refractivity contribution in [3.05, 3.63) is 59.2 Å². The van der Waals surface area contributed by atoms with Crippen LogP contribution in [-0.2, 0) is 9.53 Å². The average molecular weight is 361 g/mol. The van der Waals surface area contributed by atoms with Crippen molar-refractivity contribution >= 4 is 11.9 Å². The Bertz CT molecular complexity index is 869. The fourth-order valence-electron chi connectivity index (χ4n) is 2.96. The number of halogens is 2. The second-order valence-electron chi connectivity index (χ2n) is 6.10. The molecule has 1 aliphatic heterocycles. The number of hydrogen-bond acceptors (Lipinski definition) is 3. The number of carbonyl (C=O) groups is 2. The van der Waals surface area contributed by atoms with Gasteiger partial charge in [0, 0.05) is 17.7 Å². The van der Waals surface area contributed by atoms with Crippen LogP contribution in [0.25, 0.3) is 11.1 Å². The van der Waals surface area contributed by atoms with Crippen LogP contribution in [0.1, 0.15) is 15.9 Å². The van der Waals surface area contributed by atoms with E-state index >= 15 is 0 Å². The zero-order chi connectivity index (χ0) is 18.8. The van der Waals surface area contributed by atoms with E-state index < -0.39 is 29.6 Å². The summed E-state index contributed by atoms with van der Waals surface area (Å²) >= 11 is 0. The number of amides is 1. The Morgan fingerprint density at radius 1 is 1.15 bits per heavy atom. The number of carboxylic acid groups (broad SMARTS) is 1. The lowest BCUT2D eigenvalue weighted by Crippen LogP contribution is -2.48. The molecule has 5 nitrogen and oxygen atoms in total. The van der Waals surface area contributed by atoms with Gasteiger partial charge in [-0.2, -0.15) is 0 Å². The molecule has 1 aliphatic rings. The van der Waals surface area contributed by atoms with Crippen molar-refractivity contribution in [1.29, 1.82) is 0 Å². The molecule has 1 fully saturated rings. The highest BCUT2D eigenvalue weighted by molar-refractivity contribution is 5.95. The summed E-state index contributed by atoms with van der Waals surface area (Å²) in [5.74, 6) is -2.61. The molecule has 2 aromatic rings. The topological polar surface area (TPSA) is 66.8 Å². The van der Waals surface area contributed by atoms with Gasteiger partial charge >= 0.3 is 5.97 Å². The molecule has 1 atom stereocenters. The zero-order valence-corrected chi connectivity index (χ0v) is 14.0. The fourth-order valence-corrected chi connectivity index (χ4v) is 2.96. The Morgan fingerprint density at radius 2 is 1.88 bits per heavy atom. The molecule has 26 heavy (non-hydrogen) atoms. The highest BCUT2D eigenvalue weighted by Gasteiger charge is 2.29. The number of aliphatic carboxylic acids is 1. The van der Waals surface area contributed by atoms with Crippen LogP contribution in [0.15, 0.2) is 36.4 Å². The van der Waals surface area contributed by atoms with Crippen molar-refractivity contribution in [3.8, 4) is 11.1 Å². The largest absolute Gasteiger partial charge is 0.479 e. The van der Waals surface area contributed by atoms with E-state index in [4.69, 9.17) is 9.84 Å². The minimum absolute atomic E-state index is 0.0887. The molecule has 136 valence electrons. The normalized spacial score (nSPS) is 17.2. The van der Waals surface area contributed by atoms with Crippen molar-refractivity contribution in [3.63, 3.8) is 0 Å². The van der Waals surface area contributed by atoms with Crippen LogP contribution >= 0.6 is 0 Å². The van der Waals surface area contributed by atoms with Crippen LogP contribution < -0.4 is 0 Å². The third-order valence-corrected chi connectivity index (χ3v) is 4.32. The fraction of sp³-hybridized carbons (Fsp3) is 0.263. The predicted molar refractivity (Wildman–Crippen MR) is 89.8 cm³/mol. The van der Waals surface area contributed by atoms with Crippen molar-refractivity contribution in [2.24, 2.45) is 0 Å². The van der Waals surface area contributed by atoms with Gasteiger partial charge in [-0.15, -0.1) is 0 Å². The van der Waals surface area contributed by atoms with Gasteiger partial charge in [-0.05, 0) is 42.3 Å². The maximum absolute atomic E-state index is 14.6. The lowest BCUT2D eigenvalue weighted by Gasteiger charge is -2.31. The molecular weight excluding hydrogens is 344 g/mol. The van der Waals surface area contributed by atoms with E-state index in [1.54, 1.807) is 6.92 Å². The molecule has 0 unspecified atom stereocenters. The number of nitrogens with zero attached hydrogens (tertiary/aromatic N) is 1. The zero-order valence-electron chi connectivity index (χ0n) is 14.0. The Hall–Kier alpha value is -2.80. The SMILES string of the molecule is Cc1cc(F)ccc1-c1ccc(C(=O)N2CCO[C@@H](C(=O)O)C2)cc1F. The molecule has 0 bridgehead atoms. The lowest BCUT2D eigenvalue weighted by atomic mass is 9.98. The molecule has 0 spiro atoms. The van der Waals surface area contributed by atoms with Gasteiger partial charge in [-0.25, -0.2) is 13.6 Å².